The summed E-state index contributed by atoms with van der Waals surface area (Å²) in [6.45, 7) is 0. The number of thiazole rings is 1. The fourth-order valence-corrected chi connectivity index (χ4v) is 2.42. The smallest absolute Gasteiger partial charge is 0.103 e. The Morgan fingerprint density at radius 1 is 1.36 bits per heavy atom. The molecule has 0 bridgehead atoms. The molecule has 2 aromatic rings. The molecule has 5 heteroatoms. The molecule has 3 nitrogen and oxygen atoms in total. The maximum Gasteiger partial charge on any atom is 0.103 e. The van der Waals surface area contributed by atoms with Gasteiger partial charge in [-0.15, -0.1) is 11.3 Å². The van der Waals surface area contributed by atoms with Crippen LogP contribution in [0.15, 0.2) is 34.9 Å². The van der Waals surface area contributed by atoms with Crippen molar-refractivity contribution in [2.45, 2.75) is 10.8 Å². The molecule has 0 aliphatic carbocycles. The van der Waals surface area contributed by atoms with E-state index in [1.54, 1.807) is 29.3 Å². The molecule has 2 aromatic heterocycles. The maximum absolute atomic E-state index is 5.54. The highest BCUT2D eigenvalue weighted by Crippen LogP contribution is 2.21. The molecule has 0 saturated carbocycles. The number of hydrogen-bond donors (Lipinski definition) is 1. The van der Waals surface area contributed by atoms with E-state index in [-0.39, 0.29) is 0 Å². The van der Waals surface area contributed by atoms with Gasteiger partial charge in [-0.1, -0.05) is 11.8 Å². The lowest BCUT2D eigenvalue weighted by atomic mass is 10.4. The maximum atomic E-state index is 5.54. The Bertz CT molecular complexity index is 383. The third-order valence-corrected chi connectivity index (χ3v) is 3.50. The molecule has 0 atom stereocenters. The van der Waals surface area contributed by atoms with Gasteiger partial charge in [0.15, 0.2) is 0 Å². The number of nitrogens with two attached hydrogens (primary N) is 1. The van der Waals surface area contributed by atoms with E-state index in [0.29, 0.717) is 5.69 Å². The highest BCUT2D eigenvalue weighted by molar-refractivity contribution is 7.98. The number of thioether (sulfide) groups is 1. The van der Waals surface area contributed by atoms with Crippen LogP contribution in [0.4, 0.5) is 5.69 Å². The zero-order chi connectivity index (χ0) is 9.80. The average Bonchev–Trinajstić information content (AvgIpc) is 2.70. The van der Waals surface area contributed by atoms with Crippen molar-refractivity contribution in [1.82, 2.24) is 9.97 Å². The predicted octanol–water partition coefficient (Wildman–Crippen LogP) is 2.41. The zero-order valence-corrected chi connectivity index (χ0v) is 9.02. The quantitative estimate of drug-likeness (QED) is 0.812. The van der Waals surface area contributed by atoms with Crippen LogP contribution in [0.2, 0.25) is 0 Å². The van der Waals surface area contributed by atoms with Crippen molar-refractivity contribution in [2.75, 3.05) is 5.73 Å². The van der Waals surface area contributed by atoms with Gasteiger partial charge < -0.3 is 5.73 Å². The summed E-state index contributed by atoms with van der Waals surface area (Å²) in [4.78, 5) is 8.39. The van der Waals surface area contributed by atoms with Gasteiger partial charge in [-0.25, -0.2) is 9.97 Å². The number of nitrogen functional groups attached to an aromatic ring is 1. The summed E-state index contributed by atoms with van der Waals surface area (Å²) in [5, 5.41) is 4.08. The Balaban J connectivity index is 1.95. The predicted molar refractivity (Wildman–Crippen MR) is 60.3 cm³/mol. The first kappa shape index (κ1) is 9.48. The summed E-state index contributed by atoms with van der Waals surface area (Å²) in [6, 6.07) is 3.78. The second kappa shape index (κ2) is 4.43. The number of rotatable bonds is 3. The molecular weight excluding hydrogens is 214 g/mol. The van der Waals surface area contributed by atoms with Crippen molar-refractivity contribution in [3.8, 4) is 0 Å². The van der Waals surface area contributed by atoms with Crippen molar-refractivity contribution in [1.29, 1.82) is 0 Å². The van der Waals surface area contributed by atoms with E-state index in [2.05, 4.69) is 9.97 Å². The molecule has 14 heavy (non-hydrogen) atoms. The van der Waals surface area contributed by atoms with Crippen LogP contribution in [0, 0.1) is 0 Å². The fraction of sp³-hybridized carbons (Fsp3) is 0.111. The summed E-state index contributed by atoms with van der Waals surface area (Å²) < 4.78 is 0. The Hall–Kier alpha value is -1.07. The van der Waals surface area contributed by atoms with Gasteiger partial charge in [-0.05, 0) is 12.1 Å². The highest BCUT2D eigenvalue weighted by Gasteiger charge is 1.98. The number of anilines is 1. The SMILES string of the molecule is Nc1ccc(SCc2nccs2)nc1. The molecular formula is C9H9N3S2. The van der Waals surface area contributed by atoms with Crippen LogP contribution in [0.1, 0.15) is 5.01 Å². The zero-order valence-electron chi connectivity index (χ0n) is 7.38. The summed E-state index contributed by atoms with van der Waals surface area (Å²) in [5.74, 6) is 0.870. The van der Waals surface area contributed by atoms with Gasteiger partial charge >= 0.3 is 0 Å². The first-order valence-corrected chi connectivity index (χ1v) is 5.94. The van der Waals surface area contributed by atoms with Crippen LogP contribution >= 0.6 is 23.1 Å². The van der Waals surface area contributed by atoms with Gasteiger partial charge in [0.2, 0.25) is 0 Å². The minimum atomic E-state index is 0.698. The molecule has 0 saturated heterocycles. The third kappa shape index (κ3) is 2.46. The Morgan fingerprint density at radius 2 is 2.29 bits per heavy atom. The molecule has 2 N–H and O–H groups in total. The lowest BCUT2D eigenvalue weighted by Crippen LogP contribution is -1.87. The van der Waals surface area contributed by atoms with Crippen LogP contribution < -0.4 is 5.73 Å². The van der Waals surface area contributed by atoms with E-state index in [4.69, 9.17) is 5.73 Å². The van der Waals surface area contributed by atoms with Crippen LogP contribution in [-0.4, -0.2) is 9.97 Å². The molecule has 0 unspecified atom stereocenters. The van der Waals surface area contributed by atoms with Crippen molar-refractivity contribution < 1.29 is 0 Å². The summed E-state index contributed by atoms with van der Waals surface area (Å²) in [5.41, 5.74) is 6.23. The Labute approximate surface area is 90.4 Å². The molecule has 0 amide bonds. The molecule has 72 valence electrons. The molecule has 0 aliphatic rings. The van der Waals surface area contributed by atoms with Gasteiger partial charge in [-0.3, -0.25) is 0 Å². The normalized spacial score (nSPS) is 10.3. The third-order valence-electron chi connectivity index (χ3n) is 1.59. The van der Waals surface area contributed by atoms with Gasteiger partial charge in [0.1, 0.15) is 5.01 Å². The van der Waals surface area contributed by atoms with E-state index >= 15 is 0 Å². The average molecular weight is 223 g/mol. The van der Waals surface area contributed by atoms with Crippen molar-refractivity contribution in [3.63, 3.8) is 0 Å². The fourth-order valence-electron chi connectivity index (χ4n) is 0.937. The first-order chi connectivity index (χ1) is 6.84. The monoisotopic (exact) mass is 223 g/mol. The Morgan fingerprint density at radius 3 is 2.93 bits per heavy atom. The Kier molecular flexibility index (Phi) is 3.00. The minimum Gasteiger partial charge on any atom is -0.397 e. The second-order valence-corrected chi connectivity index (χ2v) is 4.62. The van der Waals surface area contributed by atoms with E-state index < -0.39 is 0 Å². The van der Waals surface area contributed by atoms with Gasteiger partial charge in [-0.2, -0.15) is 0 Å². The number of aromatic nitrogens is 2. The van der Waals surface area contributed by atoms with E-state index in [1.807, 2.05) is 23.7 Å². The highest BCUT2D eigenvalue weighted by atomic mass is 32.2. The standard InChI is InChI=1S/C9H9N3S2/c10-7-1-2-8(12-5-7)14-6-9-11-3-4-13-9/h1-5H,6,10H2. The molecule has 0 aromatic carbocycles. The summed E-state index contributed by atoms with van der Waals surface area (Å²) >= 11 is 3.33. The number of hydrogen-bond acceptors (Lipinski definition) is 5. The van der Waals surface area contributed by atoms with Crippen LogP contribution in [0.3, 0.4) is 0 Å². The van der Waals surface area contributed by atoms with E-state index in [9.17, 15) is 0 Å². The van der Waals surface area contributed by atoms with Gasteiger partial charge in [0.05, 0.1) is 22.7 Å². The first-order valence-electron chi connectivity index (χ1n) is 4.07. The summed E-state index contributed by atoms with van der Waals surface area (Å²) in [6.07, 6.45) is 3.49. The van der Waals surface area contributed by atoms with E-state index in [1.165, 1.54) is 0 Å². The van der Waals surface area contributed by atoms with Crippen LogP contribution in [0.25, 0.3) is 0 Å². The largest absolute Gasteiger partial charge is 0.397 e. The topological polar surface area (TPSA) is 51.8 Å². The van der Waals surface area contributed by atoms with Crippen molar-refractivity contribution in [3.05, 3.63) is 34.9 Å². The van der Waals surface area contributed by atoms with Gasteiger partial charge in [0.25, 0.3) is 0 Å². The van der Waals surface area contributed by atoms with E-state index in [0.717, 1.165) is 15.8 Å². The summed E-state index contributed by atoms with van der Waals surface area (Å²) in [7, 11) is 0. The lowest BCUT2D eigenvalue weighted by Gasteiger charge is -1.98. The molecule has 0 radical (unpaired) electrons. The van der Waals surface area contributed by atoms with Crippen LogP contribution in [0.5, 0.6) is 0 Å². The molecule has 2 heterocycles. The second-order valence-electron chi connectivity index (χ2n) is 2.64. The molecule has 2 rings (SSSR count). The number of nitrogens with zero attached hydrogens (tertiary/aromatic N) is 2. The van der Waals surface area contributed by atoms with Crippen LogP contribution in [-0.2, 0) is 5.75 Å². The molecule has 0 spiro atoms. The van der Waals surface area contributed by atoms with Crippen molar-refractivity contribution >= 4 is 28.8 Å². The molecule has 0 fully saturated rings. The number of pyridine rings is 1. The molecule has 0 aliphatic heterocycles. The lowest BCUT2D eigenvalue weighted by molar-refractivity contribution is 1.13. The van der Waals surface area contributed by atoms with Gasteiger partial charge in [0, 0.05) is 11.6 Å². The van der Waals surface area contributed by atoms with Crippen molar-refractivity contribution in [2.24, 2.45) is 0 Å². The minimum absolute atomic E-state index is 0.698.